The second-order valence-corrected chi connectivity index (χ2v) is 12.4. The Hall–Kier alpha value is -5.16. The fraction of sp³-hybridized carbons (Fsp3) is 0.314. The number of carbonyl (C=O) groups is 4. The van der Waals surface area contributed by atoms with Crippen molar-refractivity contribution in [2.45, 2.75) is 31.1 Å². The van der Waals surface area contributed by atoms with E-state index in [4.69, 9.17) is 9.47 Å². The molecule has 2 aliphatic heterocycles. The molecule has 11 heteroatoms. The van der Waals surface area contributed by atoms with Gasteiger partial charge >= 0.3 is 0 Å². The van der Waals surface area contributed by atoms with Gasteiger partial charge in [-0.1, -0.05) is 59.7 Å². The van der Waals surface area contributed by atoms with Gasteiger partial charge in [-0.15, -0.1) is 0 Å². The molecule has 11 nitrogen and oxygen atoms in total. The lowest BCUT2D eigenvalue weighted by atomic mass is 9.49. The number of carbonyl (C=O) groups excluding carboxylic acids is 4. The number of hydrazine groups is 1. The van der Waals surface area contributed by atoms with Crippen molar-refractivity contribution < 1.29 is 39.0 Å². The Labute approximate surface area is 264 Å². The second-order valence-electron chi connectivity index (χ2n) is 12.4. The molecule has 0 aromatic heterocycles. The van der Waals surface area contributed by atoms with Gasteiger partial charge in [-0.25, -0.2) is 0 Å². The van der Waals surface area contributed by atoms with E-state index in [1.807, 2.05) is 55.5 Å². The van der Waals surface area contributed by atoms with Crippen LogP contribution in [-0.4, -0.2) is 58.2 Å². The van der Waals surface area contributed by atoms with Gasteiger partial charge in [-0.2, -0.15) is 10.1 Å². The summed E-state index contributed by atoms with van der Waals surface area (Å²) >= 11 is 0. The van der Waals surface area contributed by atoms with Crippen LogP contribution in [0.25, 0.3) is 0 Å². The molecule has 3 fully saturated rings. The Kier molecular flexibility index (Phi) is 6.89. The third kappa shape index (κ3) is 4.00. The second kappa shape index (κ2) is 10.7. The summed E-state index contributed by atoms with van der Waals surface area (Å²) in [4.78, 5) is 56.0. The highest BCUT2D eigenvalue weighted by molar-refractivity contribution is 6.13. The Bertz CT molecular complexity index is 1780. The Morgan fingerprint density at radius 2 is 1.52 bits per heavy atom. The molecule has 2 aliphatic carbocycles. The first-order chi connectivity index (χ1) is 22.1. The number of nitrogens with zero attached hydrogens (tertiary/aromatic N) is 2. The number of hydroxylamine groups is 2. The van der Waals surface area contributed by atoms with Crippen molar-refractivity contribution in [3.63, 3.8) is 0 Å². The maximum absolute atomic E-state index is 15.1. The third-order valence-electron chi connectivity index (χ3n) is 10.2. The number of phenolic OH excluding ortho intramolecular Hbond substituents is 1. The first-order valence-corrected chi connectivity index (χ1v) is 15.1. The van der Waals surface area contributed by atoms with Crippen LogP contribution in [0.15, 0.2) is 78.4 Å². The summed E-state index contributed by atoms with van der Waals surface area (Å²) in [5.74, 6) is -6.51. The van der Waals surface area contributed by atoms with Crippen LogP contribution in [0, 0.1) is 30.6 Å². The third-order valence-corrected chi connectivity index (χ3v) is 10.2. The number of ether oxygens (including phenoxy) is 2. The number of methoxy groups -OCH3 is 2. The molecule has 236 valence electrons. The summed E-state index contributed by atoms with van der Waals surface area (Å²) in [6, 6.07) is 19.6. The predicted molar refractivity (Wildman–Crippen MR) is 164 cm³/mol. The van der Waals surface area contributed by atoms with E-state index >= 15 is 4.79 Å². The molecule has 4 amide bonds. The van der Waals surface area contributed by atoms with Gasteiger partial charge in [0.05, 0.1) is 43.1 Å². The summed E-state index contributed by atoms with van der Waals surface area (Å²) in [6.45, 7) is 1.94. The number of hydrogen-bond acceptors (Lipinski definition) is 9. The quantitative estimate of drug-likeness (QED) is 0.210. The number of phenols is 1. The first kappa shape index (κ1) is 29.5. The summed E-state index contributed by atoms with van der Waals surface area (Å²) in [6.07, 6.45) is 2.14. The van der Waals surface area contributed by atoms with Crippen molar-refractivity contribution in [2.75, 3.05) is 19.6 Å². The van der Waals surface area contributed by atoms with Crippen LogP contribution in [0.3, 0.4) is 0 Å². The van der Waals surface area contributed by atoms with Gasteiger partial charge in [0, 0.05) is 5.92 Å². The van der Waals surface area contributed by atoms with Crippen LogP contribution in [0.4, 0.5) is 5.69 Å². The number of anilines is 1. The van der Waals surface area contributed by atoms with E-state index in [0.29, 0.717) is 22.4 Å². The van der Waals surface area contributed by atoms with Crippen molar-refractivity contribution in [3.8, 4) is 17.2 Å². The SMILES string of the molecule is COc1cc([C@H]2C3=CC[C@@H]4C(=O)N(O)C(=O)[C@@H]4[C@@H]3C[C@H]3C(=O)N(Nc4ccc(C)cc4)C(=O)[C@@]23c2ccccc2)cc(OC)c1O. The van der Waals surface area contributed by atoms with E-state index < -0.39 is 58.6 Å². The van der Waals surface area contributed by atoms with Crippen molar-refractivity contribution >= 4 is 29.3 Å². The van der Waals surface area contributed by atoms with Crippen LogP contribution in [0.5, 0.6) is 17.2 Å². The molecule has 0 spiro atoms. The van der Waals surface area contributed by atoms with E-state index in [0.717, 1.165) is 10.6 Å². The number of rotatable bonds is 6. The van der Waals surface area contributed by atoms with Gasteiger partial charge in [-0.05, 0) is 61.1 Å². The van der Waals surface area contributed by atoms with Crippen LogP contribution < -0.4 is 14.9 Å². The molecule has 1 saturated carbocycles. The molecule has 46 heavy (non-hydrogen) atoms. The number of hydrogen-bond donors (Lipinski definition) is 3. The maximum atomic E-state index is 15.1. The van der Waals surface area contributed by atoms with Crippen LogP contribution in [0.1, 0.15) is 35.4 Å². The molecule has 0 bridgehead atoms. The number of nitrogens with one attached hydrogen (secondary N) is 1. The van der Waals surface area contributed by atoms with Gasteiger partial charge in [0.25, 0.3) is 23.6 Å². The van der Waals surface area contributed by atoms with Gasteiger partial charge < -0.3 is 14.6 Å². The van der Waals surface area contributed by atoms with E-state index in [2.05, 4.69) is 5.43 Å². The maximum Gasteiger partial charge on any atom is 0.260 e. The fourth-order valence-electron chi connectivity index (χ4n) is 8.19. The zero-order valence-corrected chi connectivity index (χ0v) is 25.5. The number of aromatic hydroxyl groups is 1. The van der Waals surface area contributed by atoms with Crippen LogP contribution in [-0.2, 0) is 24.6 Å². The normalized spacial score (nSPS) is 28.4. The number of fused-ring (bicyclic) bond motifs is 4. The van der Waals surface area contributed by atoms with Crippen LogP contribution in [0.2, 0.25) is 0 Å². The Balaban J connectivity index is 1.50. The smallest absolute Gasteiger partial charge is 0.260 e. The van der Waals surface area contributed by atoms with E-state index in [9.17, 15) is 24.7 Å². The van der Waals surface area contributed by atoms with E-state index in [1.165, 1.54) is 14.2 Å². The molecule has 3 aromatic carbocycles. The lowest BCUT2D eigenvalue weighted by molar-refractivity contribution is -0.173. The first-order valence-electron chi connectivity index (χ1n) is 15.1. The summed E-state index contributed by atoms with van der Waals surface area (Å²) in [5.41, 5.74) is 4.92. The lowest BCUT2D eigenvalue weighted by Gasteiger charge is -2.50. The zero-order chi connectivity index (χ0) is 32.5. The Morgan fingerprint density at radius 1 is 0.870 bits per heavy atom. The highest BCUT2D eigenvalue weighted by Gasteiger charge is 2.70. The molecular weight excluding hydrogens is 590 g/mol. The average Bonchev–Trinajstić information content (AvgIpc) is 3.42. The number of benzene rings is 3. The van der Waals surface area contributed by atoms with E-state index in [1.54, 1.807) is 24.3 Å². The fourth-order valence-corrected chi connectivity index (χ4v) is 8.19. The predicted octanol–water partition coefficient (Wildman–Crippen LogP) is 4.09. The molecule has 3 aromatic rings. The molecule has 6 atom stereocenters. The van der Waals surface area contributed by atoms with Crippen LogP contribution >= 0.6 is 0 Å². The van der Waals surface area contributed by atoms with E-state index in [-0.39, 0.29) is 35.2 Å². The number of imide groups is 2. The van der Waals surface area contributed by atoms with Crippen molar-refractivity contribution in [3.05, 3.63) is 95.1 Å². The van der Waals surface area contributed by atoms with Crippen molar-refractivity contribution in [1.82, 2.24) is 10.1 Å². The van der Waals surface area contributed by atoms with Crippen molar-refractivity contribution in [2.24, 2.45) is 23.7 Å². The number of allylic oxidation sites excluding steroid dienone is 2. The highest BCUT2D eigenvalue weighted by Crippen LogP contribution is 2.64. The lowest BCUT2D eigenvalue weighted by Crippen LogP contribution is -2.53. The average molecular weight is 624 g/mol. The molecule has 3 N–H and O–H groups in total. The molecule has 2 saturated heterocycles. The van der Waals surface area contributed by atoms with Gasteiger partial charge in [0.2, 0.25) is 5.75 Å². The molecule has 0 unspecified atom stereocenters. The summed E-state index contributed by atoms with van der Waals surface area (Å²) in [7, 11) is 2.80. The minimum atomic E-state index is -1.50. The minimum absolute atomic E-state index is 0.0915. The van der Waals surface area contributed by atoms with Crippen molar-refractivity contribution in [1.29, 1.82) is 0 Å². The topological polar surface area (TPSA) is 146 Å². The number of aryl methyl sites for hydroxylation is 1. The standard InChI is InChI=1S/C35H33N3O8/c1-18-9-11-21(12-10-18)36-37-32(41)25-17-24-22(13-14-23-28(24)33(42)38(44)31(23)40)29(19-15-26(45-2)30(39)27(16-19)46-3)35(25,34(37)43)20-7-5-4-6-8-20/h4-13,15-16,23-25,28-29,36,39,44H,14,17H2,1-3H3/t23-,24+,25-,28-,29-,35+/m0/s1. The molecular formula is C35H33N3O8. The molecule has 0 radical (unpaired) electrons. The van der Waals surface area contributed by atoms with Gasteiger partial charge in [0.15, 0.2) is 11.5 Å². The molecule has 4 aliphatic rings. The summed E-state index contributed by atoms with van der Waals surface area (Å²) < 4.78 is 11.0. The largest absolute Gasteiger partial charge is 0.502 e. The Morgan fingerprint density at radius 3 is 2.15 bits per heavy atom. The highest BCUT2D eigenvalue weighted by atomic mass is 16.5. The zero-order valence-electron chi connectivity index (χ0n) is 25.5. The summed E-state index contributed by atoms with van der Waals surface area (Å²) in [5, 5.41) is 22.5. The molecule has 2 heterocycles. The van der Waals surface area contributed by atoms with Gasteiger partial charge in [-0.3, -0.25) is 29.8 Å². The van der Waals surface area contributed by atoms with Gasteiger partial charge in [0.1, 0.15) is 0 Å². The minimum Gasteiger partial charge on any atom is -0.502 e. The molecule has 7 rings (SSSR count). The number of amides is 4. The monoisotopic (exact) mass is 623 g/mol.